The van der Waals surface area contributed by atoms with E-state index in [0.29, 0.717) is 25.7 Å². The fourth-order valence-corrected chi connectivity index (χ4v) is 10.0. The number of carbonyl (C=O) groups is 3. The van der Waals surface area contributed by atoms with Gasteiger partial charge in [0, 0.05) is 41.3 Å². The lowest BCUT2D eigenvalue weighted by atomic mass is 9.35. The predicted molar refractivity (Wildman–Crippen MR) is 146 cm³/mol. The molecule has 0 amide bonds. The molecular formula is C32H37NO8. The summed E-state index contributed by atoms with van der Waals surface area (Å²) in [5.41, 5.74) is -1.22. The van der Waals surface area contributed by atoms with Gasteiger partial charge < -0.3 is 29.4 Å². The van der Waals surface area contributed by atoms with Gasteiger partial charge in [0.05, 0.1) is 13.0 Å². The van der Waals surface area contributed by atoms with E-state index in [-0.39, 0.29) is 18.6 Å². The molecule has 2 aliphatic heterocycles. The van der Waals surface area contributed by atoms with Crippen molar-refractivity contribution >= 4 is 28.6 Å². The van der Waals surface area contributed by atoms with Gasteiger partial charge in [-0.05, 0) is 54.2 Å². The third-order valence-corrected chi connectivity index (χ3v) is 11.4. The minimum atomic E-state index is -2.29. The fraction of sp³-hybridized carbons (Fsp3) is 0.594. The molecule has 4 aliphatic carbocycles. The van der Waals surface area contributed by atoms with Crippen molar-refractivity contribution in [3.05, 3.63) is 48.2 Å². The van der Waals surface area contributed by atoms with Crippen LogP contribution in [0.2, 0.25) is 0 Å². The van der Waals surface area contributed by atoms with Gasteiger partial charge in [-0.1, -0.05) is 38.6 Å². The number of ether oxygens (including phenoxy) is 3. The molecule has 1 aromatic carbocycles. The third-order valence-electron chi connectivity index (χ3n) is 11.4. The first-order chi connectivity index (χ1) is 19.4. The number of aliphatic hydroxyl groups excluding tert-OH is 1. The van der Waals surface area contributed by atoms with Crippen molar-refractivity contribution in [1.29, 1.82) is 0 Å². The summed E-state index contributed by atoms with van der Waals surface area (Å²) < 4.78 is 18.3. The second kappa shape index (κ2) is 8.52. The van der Waals surface area contributed by atoms with Crippen molar-refractivity contribution in [3.63, 3.8) is 0 Å². The topological polar surface area (TPSA) is 135 Å². The van der Waals surface area contributed by atoms with Crippen molar-refractivity contribution in [3.8, 4) is 0 Å². The molecule has 2 saturated heterocycles. The number of H-pyrrole nitrogens is 1. The number of benzene rings is 1. The van der Waals surface area contributed by atoms with E-state index >= 15 is 0 Å². The van der Waals surface area contributed by atoms with E-state index in [4.69, 9.17) is 14.2 Å². The lowest BCUT2D eigenvalue weighted by Gasteiger charge is -2.74. The number of aromatic nitrogens is 1. The zero-order valence-electron chi connectivity index (χ0n) is 23.6. The molecule has 2 aromatic rings. The van der Waals surface area contributed by atoms with Crippen LogP contribution < -0.4 is 0 Å². The zero-order valence-corrected chi connectivity index (χ0v) is 23.6. The smallest absolute Gasteiger partial charge is 0.310 e. The highest BCUT2D eigenvalue weighted by Crippen LogP contribution is 2.77. The van der Waals surface area contributed by atoms with Crippen molar-refractivity contribution in [2.45, 2.75) is 77.0 Å². The Morgan fingerprint density at radius 1 is 1.17 bits per heavy atom. The van der Waals surface area contributed by atoms with Gasteiger partial charge in [0.1, 0.15) is 23.7 Å². The minimum absolute atomic E-state index is 0.0272. The van der Waals surface area contributed by atoms with E-state index in [1.54, 1.807) is 6.20 Å². The second-order valence-corrected chi connectivity index (χ2v) is 13.6. The van der Waals surface area contributed by atoms with Gasteiger partial charge in [-0.2, -0.15) is 0 Å². The first kappa shape index (κ1) is 26.9. The Morgan fingerprint density at radius 3 is 2.68 bits per heavy atom. The third kappa shape index (κ3) is 3.15. The van der Waals surface area contributed by atoms with Crippen LogP contribution in [0.15, 0.2) is 42.6 Å². The van der Waals surface area contributed by atoms with Crippen LogP contribution in [0.5, 0.6) is 0 Å². The summed E-state index contributed by atoms with van der Waals surface area (Å²) in [4.78, 5) is 43.4. The van der Waals surface area contributed by atoms with Crippen molar-refractivity contribution in [2.75, 3.05) is 6.61 Å². The summed E-state index contributed by atoms with van der Waals surface area (Å²) in [6.45, 7) is 9.57. The van der Waals surface area contributed by atoms with E-state index in [9.17, 15) is 24.6 Å². The molecular weight excluding hydrogens is 526 g/mol. The van der Waals surface area contributed by atoms with Gasteiger partial charge in [-0.15, -0.1) is 0 Å². The minimum Gasteiger partial charge on any atom is -0.462 e. The molecule has 8 rings (SSSR count). The monoisotopic (exact) mass is 563 g/mol. The molecule has 9 nitrogen and oxygen atoms in total. The summed E-state index contributed by atoms with van der Waals surface area (Å²) >= 11 is 0. The van der Waals surface area contributed by atoms with E-state index in [2.05, 4.69) is 11.6 Å². The molecule has 2 spiro atoms. The summed E-state index contributed by atoms with van der Waals surface area (Å²) in [6.07, 6.45) is 0.818. The van der Waals surface area contributed by atoms with Crippen LogP contribution in [0.1, 0.15) is 52.0 Å². The van der Waals surface area contributed by atoms with Gasteiger partial charge in [0.25, 0.3) is 0 Å². The number of nitrogens with one attached hydrogen (secondary N) is 1. The molecule has 4 bridgehead atoms. The van der Waals surface area contributed by atoms with Crippen LogP contribution in [0.25, 0.3) is 10.9 Å². The number of esters is 2. The van der Waals surface area contributed by atoms with E-state index < -0.39 is 75.8 Å². The van der Waals surface area contributed by atoms with E-state index in [1.165, 1.54) is 6.92 Å². The van der Waals surface area contributed by atoms with E-state index in [1.807, 2.05) is 38.1 Å². The summed E-state index contributed by atoms with van der Waals surface area (Å²) in [5.74, 6) is -5.29. The lowest BCUT2D eigenvalue weighted by molar-refractivity contribution is -0.458. The molecule has 4 saturated carbocycles. The summed E-state index contributed by atoms with van der Waals surface area (Å²) in [6, 6.07) is 7.65. The summed E-state index contributed by atoms with van der Waals surface area (Å²) in [7, 11) is 0. The number of aliphatic hydroxyl groups is 2. The number of aromatic amines is 1. The first-order valence-corrected chi connectivity index (χ1v) is 14.6. The first-order valence-electron chi connectivity index (χ1n) is 14.6. The van der Waals surface area contributed by atoms with Gasteiger partial charge in [0.2, 0.25) is 5.79 Å². The Kier molecular flexibility index (Phi) is 5.58. The second-order valence-electron chi connectivity index (χ2n) is 13.6. The molecule has 41 heavy (non-hydrogen) atoms. The number of carbonyl (C=O) groups excluding carboxylic acids is 3. The molecule has 218 valence electrons. The number of Topliss-reactive ketones (excluding diaryl/α,β-unsaturated/α-hetero) is 1. The van der Waals surface area contributed by atoms with Gasteiger partial charge in [0.15, 0.2) is 5.78 Å². The molecule has 3 heterocycles. The fourth-order valence-electron chi connectivity index (χ4n) is 10.0. The Hall–Kier alpha value is -3.01. The van der Waals surface area contributed by atoms with Gasteiger partial charge >= 0.3 is 11.9 Å². The van der Waals surface area contributed by atoms with Crippen LogP contribution in [0.4, 0.5) is 0 Å². The molecule has 1 aromatic heterocycles. The van der Waals surface area contributed by atoms with Crippen LogP contribution in [-0.4, -0.2) is 63.6 Å². The average molecular weight is 564 g/mol. The number of hydrogen-bond acceptors (Lipinski definition) is 8. The average Bonchev–Trinajstić information content (AvgIpc) is 3.36. The predicted octanol–water partition coefficient (Wildman–Crippen LogP) is 3.22. The maximum atomic E-state index is 14.4. The number of rotatable bonds is 4. The zero-order chi connectivity index (χ0) is 29.1. The van der Waals surface area contributed by atoms with Crippen LogP contribution in [0.3, 0.4) is 0 Å². The molecule has 3 N–H and O–H groups in total. The number of ketones is 1. The molecule has 9 atom stereocenters. The van der Waals surface area contributed by atoms with Crippen molar-refractivity contribution in [1.82, 2.24) is 4.98 Å². The highest BCUT2D eigenvalue weighted by Gasteiger charge is 2.88. The lowest BCUT2D eigenvalue weighted by Crippen LogP contribution is -2.86. The molecule has 9 heteroatoms. The highest BCUT2D eigenvalue weighted by molar-refractivity contribution is 6.05. The Balaban J connectivity index is 1.34. The number of para-hydroxylation sites is 1. The van der Waals surface area contributed by atoms with Crippen molar-refractivity contribution < 1.29 is 38.8 Å². The van der Waals surface area contributed by atoms with Gasteiger partial charge in [-0.25, -0.2) is 0 Å². The highest BCUT2D eigenvalue weighted by atomic mass is 16.7. The molecule has 0 radical (unpaired) electrons. The largest absolute Gasteiger partial charge is 0.462 e. The maximum Gasteiger partial charge on any atom is 0.310 e. The summed E-state index contributed by atoms with van der Waals surface area (Å²) in [5, 5.41) is 25.4. The Bertz CT molecular complexity index is 1490. The Morgan fingerprint density at radius 2 is 1.93 bits per heavy atom. The standard InChI is InChI=1S/C32H37NO8/c1-16-19-9-10-22-30-15-39-32(38,27(37)25(30)29(3,4)12-11-23(30)40-17(2)34)31(22,26(16)36)28(19)41-24(35)13-18-14-33-21-8-6-5-7-20(18)21/h5-8,14,19,22-23,25,27-28,33,37-38H,1,9-13,15H2,2-4H3/t19-,22?,23-,25+,27-,28+,30+,31-,32-/m0/s1. The quantitative estimate of drug-likeness (QED) is 0.381. The maximum absolute atomic E-state index is 14.4. The van der Waals surface area contributed by atoms with E-state index in [0.717, 1.165) is 16.5 Å². The molecule has 6 aliphatic rings. The SMILES string of the molecule is C=C1C(=O)[C@@]23C(CC[C@@H]1[C@H]2OC(=O)Cc1c[nH]c2ccccc12)[C@@]12CO[C@@]3(O)[C@@H](O)[C@@H]1C(C)(C)CC[C@@H]2OC(C)=O. The van der Waals surface area contributed by atoms with Crippen LogP contribution in [0, 0.1) is 34.0 Å². The van der Waals surface area contributed by atoms with Crippen LogP contribution >= 0.6 is 0 Å². The van der Waals surface area contributed by atoms with Crippen molar-refractivity contribution in [2.24, 2.45) is 34.0 Å². The van der Waals surface area contributed by atoms with Gasteiger partial charge in [-0.3, -0.25) is 14.4 Å². The number of hydrogen-bond donors (Lipinski definition) is 3. The normalized spacial score (nSPS) is 42.1. The Labute approximate surface area is 238 Å². The molecule has 1 unspecified atom stereocenters. The van der Waals surface area contributed by atoms with Crippen LogP contribution in [-0.2, 0) is 35.0 Å². The number of fused-ring (bicyclic) bond motifs is 3. The molecule has 6 fully saturated rings.